The fourth-order valence-electron chi connectivity index (χ4n) is 6.40. The molecule has 2 heterocycles. The second kappa shape index (κ2) is 9.86. The Balaban J connectivity index is 1.42. The second-order valence-corrected chi connectivity index (χ2v) is 10.6. The molecule has 0 aliphatic heterocycles. The maximum atomic E-state index is 8.96. The summed E-state index contributed by atoms with van der Waals surface area (Å²) in [5.74, 6) is 0. The van der Waals surface area contributed by atoms with E-state index in [-0.39, 0.29) is 60.4 Å². The van der Waals surface area contributed by atoms with E-state index in [1.807, 2.05) is 75.9 Å². The highest BCUT2D eigenvalue weighted by molar-refractivity contribution is 6.13. The SMILES string of the molecule is [2H]c1cc([2H])c(-c2cccc(-c3c([2H])cc([2H])cc3[2H])c2-n2c3ccccc3c3cc(-n4c5ccccc5c5c([2H])c([2H])c([2H])c([2H])c54)ccc32)c([2H])c1. The summed E-state index contributed by atoms with van der Waals surface area (Å²) in [4.78, 5) is 0. The van der Waals surface area contributed by atoms with Crippen LogP contribution in [0.3, 0.4) is 0 Å². The zero-order chi connectivity index (χ0) is 37.7. The first-order valence-corrected chi connectivity index (χ1v) is 14.3. The topological polar surface area (TPSA) is 9.86 Å². The van der Waals surface area contributed by atoms with Gasteiger partial charge in [-0.3, -0.25) is 0 Å². The van der Waals surface area contributed by atoms with Gasteiger partial charge in [0.1, 0.15) is 0 Å². The Labute approximate surface area is 269 Å². The highest BCUT2D eigenvalue weighted by Gasteiger charge is 2.20. The first-order valence-electron chi connectivity index (χ1n) is 19.3. The van der Waals surface area contributed by atoms with Crippen molar-refractivity contribution in [1.29, 1.82) is 0 Å². The standard InChI is InChI=1S/C42H28N2/c1-3-14-29(15-4-1)32-21-13-22-33(30-16-5-2-6-17-30)42(32)44-40-25-12-9-20-36(40)37-28-31(26-27-41(37)44)43-38-23-10-7-18-34(38)35-19-8-11-24-39(35)43/h1-28H/i1D,2D,7D,10D,14D,15D,16D,17D,18D,23D. The van der Waals surface area contributed by atoms with E-state index >= 15 is 0 Å². The molecule has 0 atom stereocenters. The van der Waals surface area contributed by atoms with E-state index in [2.05, 4.69) is 0 Å². The van der Waals surface area contributed by atoms with Gasteiger partial charge in [-0.1, -0.05) is 133 Å². The van der Waals surface area contributed by atoms with Gasteiger partial charge in [0.25, 0.3) is 0 Å². The quantitative estimate of drug-likeness (QED) is 0.199. The molecule has 0 spiro atoms. The van der Waals surface area contributed by atoms with Crippen LogP contribution in [0.25, 0.3) is 77.2 Å². The van der Waals surface area contributed by atoms with Crippen molar-refractivity contribution in [2.75, 3.05) is 0 Å². The lowest BCUT2D eigenvalue weighted by atomic mass is 9.95. The molecule has 0 N–H and O–H groups in total. The minimum absolute atomic E-state index is 0.0106. The van der Waals surface area contributed by atoms with Crippen molar-refractivity contribution in [2.24, 2.45) is 0 Å². The summed E-state index contributed by atoms with van der Waals surface area (Å²) < 4.78 is 90.6. The highest BCUT2D eigenvalue weighted by atomic mass is 15.0. The smallest absolute Gasteiger partial charge is 0.0645 e. The molecule has 0 aliphatic rings. The zero-order valence-electron chi connectivity index (χ0n) is 33.3. The molecule has 0 bridgehead atoms. The Morgan fingerprint density at radius 1 is 0.386 bits per heavy atom. The Kier molecular flexibility index (Phi) is 3.74. The minimum Gasteiger partial charge on any atom is -0.309 e. The molecule has 0 aliphatic carbocycles. The third kappa shape index (κ3) is 3.68. The molecule has 0 fully saturated rings. The Hall–Kier alpha value is -5.86. The van der Waals surface area contributed by atoms with Gasteiger partial charge in [-0.15, -0.1) is 0 Å². The maximum absolute atomic E-state index is 8.96. The monoisotopic (exact) mass is 570 g/mol. The summed E-state index contributed by atoms with van der Waals surface area (Å²) >= 11 is 0. The van der Waals surface area contributed by atoms with Crippen molar-refractivity contribution in [3.8, 4) is 33.6 Å². The van der Waals surface area contributed by atoms with Crippen molar-refractivity contribution in [3.63, 3.8) is 0 Å². The van der Waals surface area contributed by atoms with Gasteiger partial charge >= 0.3 is 0 Å². The van der Waals surface area contributed by atoms with Crippen LogP contribution in [0.15, 0.2) is 170 Å². The zero-order valence-corrected chi connectivity index (χ0v) is 23.3. The fraction of sp³-hybridized carbons (Fsp3) is 0. The van der Waals surface area contributed by atoms with Gasteiger partial charge in [-0.05, 0) is 47.5 Å². The van der Waals surface area contributed by atoms with Gasteiger partial charge in [0, 0.05) is 38.4 Å². The molecule has 9 aromatic rings. The molecule has 2 aromatic heterocycles. The van der Waals surface area contributed by atoms with E-state index in [1.54, 1.807) is 18.2 Å². The summed E-state index contributed by atoms with van der Waals surface area (Å²) in [6.45, 7) is 0. The summed E-state index contributed by atoms with van der Waals surface area (Å²) in [6.07, 6.45) is 0. The van der Waals surface area contributed by atoms with Crippen LogP contribution in [-0.4, -0.2) is 9.13 Å². The van der Waals surface area contributed by atoms with Crippen LogP contribution in [0, 0.1) is 0 Å². The van der Waals surface area contributed by atoms with E-state index in [4.69, 9.17) is 13.7 Å². The Bertz CT molecular complexity index is 2950. The van der Waals surface area contributed by atoms with Gasteiger partial charge in [0.15, 0.2) is 0 Å². The van der Waals surface area contributed by atoms with Crippen LogP contribution in [0.4, 0.5) is 0 Å². The fourth-order valence-corrected chi connectivity index (χ4v) is 6.40. The van der Waals surface area contributed by atoms with E-state index in [1.165, 1.54) is 24.3 Å². The third-order valence-corrected chi connectivity index (χ3v) is 8.22. The largest absolute Gasteiger partial charge is 0.309 e. The summed E-state index contributed by atoms with van der Waals surface area (Å²) in [5, 5.41) is 2.81. The van der Waals surface area contributed by atoms with Crippen molar-refractivity contribution in [2.45, 2.75) is 0 Å². The molecule has 0 saturated heterocycles. The number of aromatic nitrogens is 2. The summed E-state index contributed by atoms with van der Waals surface area (Å²) in [7, 11) is 0. The number of hydrogen-bond donors (Lipinski definition) is 0. The molecular weight excluding hydrogens is 532 g/mol. The molecule has 2 heteroatoms. The van der Waals surface area contributed by atoms with Crippen molar-refractivity contribution < 1.29 is 13.7 Å². The minimum atomic E-state index is -0.319. The molecule has 0 radical (unpaired) electrons. The van der Waals surface area contributed by atoms with E-state index in [0.717, 1.165) is 27.3 Å². The molecule has 0 amide bonds. The highest BCUT2D eigenvalue weighted by Crippen LogP contribution is 2.42. The Morgan fingerprint density at radius 2 is 0.955 bits per heavy atom. The van der Waals surface area contributed by atoms with Gasteiger partial charge in [0.05, 0.1) is 41.5 Å². The lowest BCUT2D eigenvalue weighted by molar-refractivity contribution is 1.17. The number of benzene rings is 7. The summed E-state index contributed by atoms with van der Waals surface area (Å²) in [6, 6.07) is 31.2. The Morgan fingerprint density at radius 3 is 1.64 bits per heavy atom. The van der Waals surface area contributed by atoms with Crippen molar-refractivity contribution >= 4 is 43.6 Å². The van der Waals surface area contributed by atoms with Crippen LogP contribution in [0.1, 0.15) is 13.7 Å². The maximum Gasteiger partial charge on any atom is 0.0645 e. The molecule has 9 rings (SSSR count). The lowest BCUT2D eigenvalue weighted by Crippen LogP contribution is -2.01. The van der Waals surface area contributed by atoms with Crippen LogP contribution in [0.2, 0.25) is 0 Å². The first-order chi connectivity index (χ1) is 26.0. The van der Waals surface area contributed by atoms with Crippen LogP contribution < -0.4 is 0 Å². The van der Waals surface area contributed by atoms with E-state index < -0.39 is 0 Å². The average Bonchev–Trinajstić information content (AvgIpc) is 3.65. The normalized spacial score (nSPS) is 14.8. The lowest BCUT2D eigenvalue weighted by Gasteiger charge is -2.19. The molecular formula is C42H28N2. The number of nitrogens with zero attached hydrogens (tertiary/aromatic N) is 2. The van der Waals surface area contributed by atoms with Gasteiger partial charge < -0.3 is 9.13 Å². The number of para-hydroxylation sites is 4. The predicted octanol–water partition coefficient (Wildman–Crippen LogP) is 11.2. The third-order valence-electron chi connectivity index (χ3n) is 8.22. The molecule has 0 saturated carbocycles. The van der Waals surface area contributed by atoms with Gasteiger partial charge in [0.2, 0.25) is 0 Å². The molecule has 206 valence electrons. The predicted molar refractivity (Wildman–Crippen MR) is 186 cm³/mol. The van der Waals surface area contributed by atoms with Crippen molar-refractivity contribution in [1.82, 2.24) is 9.13 Å². The van der Waals surface area contributed by atoms with Crippen molar-refractivity contribution in [3.05, 3.63) is 170 Å². The van der Waals surface area contributed by atoms with E-state index in [0.29, 0.717) is 49.9 Å². The summed E-state index contributed by atoms with van der Waals surface area (Å²) in [5.41, 5.74) is 5.39. The number of rotatable bonds is 4. The van der Waals surface area contributed by atoms with Crippen LogP contribution in [-0.2, 0) is 0 Å². The molecule has 7 aromatic carbocycles. The second-order valence-electron chi connectivity index (χ2n) is 10.6. The van der Waals surface area contributed by atoms with E-state index in [9.17, 15) is 0 Å². The van der Waals surface area contributed by atoms with Crippen LogP contribution >= 0.6 is 0 Å². The van der Waals surface area contributed by atoms with Gasteiger partial charge in [-0.25, -0.2) is 0 Å². The van der Waals surface area contributed by atoms with Crippen LogP contribution in [0.5, 0.6) is 0 Å². The number of hydrogen-bond acceptors (Lipinski definition) is 0. The first kappa shape index (κ1) is 16.7. The molecule has 2 nitrogen and oxygen atoms in total. The number of fused-ring (bicyclic) bond motifs is 6. The van der Waals surface area contributed by atoms with Gasteiger partial charge in [-0.2, -0.15) is 0 Å². The molecule has 44 heavy (non-hydrogen) atoms. The average molecular weight is 571 g/mol. The molecule has 0 unspecified atom stereocenters.